The lowest BCUT2D eigenvalue weighted by Crippen LogP contribution is -2.49. The molecule has 0 spiro atoms. The van der Waals surface area contributed by atoms with Gasteiger partial charge in [-0.15, -0.1) is 0 Å². The normalized spacial score (nSPS) is 16.7. The zero-order chi connectivity index (χ0) is 18.6. The molecule has 0 bridgehead atoms. The number of carbonyl (C=O) groups is 1. The maximum atomic E-state index is 12.4. The number of fused-ring (bicyclic) bond motifs is 1. The Kier molecular flexibility index (Phi) is 5.30. The van der Waals surface area contributed by atoms with E-state index in [9.17, 15) is 4.79 Å². The molecular weight excluding hydrogens is 338 g/mol. The van der Waals surface area contributed by atoms with Crippen LogP contribution in [0.1, 0.15) is 16.7 Å². The van der Waals surface area contributed by atoms with Crippen LogP contribution in [0.15, 0.2) is 42.5 Å². The van der Waals surface area contributed by atoms with Gasteiger partial charge < -0.3 is 15.0 Å². The second kappa shape index (κ2) is 8.01. The lowest BCUT2D eigenvalue weighted by atomic mass is 10.1. The van der Waals surface area contributed by atoms with E-state index >= 15 is 0 Å². The average molecular weight is 365 g/mol. The van der Waals surface area contributed by atoms with Gasteiger partial charge in [-0.2, -0.15) is 0 Å². The zero-order valence-electron chi connectivity index (χ0n) is 15.9. The smallest absolute Gasteiger partial charge is 0.260 e. The number of rotatable bonds is 5. The fourth-order valence-electron chi connectivity index (χ4n) is 3.81. The number of nitrogens with one attached hydrogen (secondary N) is 1. The van der Waals surface area contributed by atoms with Gasteiger partial charge in [0.05, 0.1) is 0 Å². The first kappa shape index (κ1) is 17.9. The molecule has 1 N–H and O–H groups in total. The number of hydrogen-bond donors (Lipinski definition) is 1. The molecule has 2 aromatic carbocycles. The molecule has 4 rings (SSSR count). The van der Waals surface area contributed by atoms with Crippen molar-refractivity contribution >= 4 is 11.6 Å². The number of carbonyl (C=O) groups excluding carboxylic acids is 1. The SMILES string of the molecule is Cc1ccc(OCC(=O)N2CCN(Cc3cccc4c3NCC4)CC2)cc1. The van der Waals surface area contributed by atoms with Crippen LogP contribution in [0, 0.1) is 6.92 Å². The molecule has 0 unspecified atom stereocenters. The molecule has 2 heterocycles. The van der Waals surface area contributed by atoms with Crippen LogP contribution in [-0.2, 0) is 17.8 Å². The fraction of sp³-hybridized carbons (Fsp3) is 0.409. The summed E-state index contributed by atoms with van der Waals surface area (Å²) in [5, 5.41) is 3.51. The Labute approximate surface area is 160 Å². The predicted octanol–water partition coefficient (Wildman–Crippen LogP) is 2.69. The number of ether oxygens (including phenoxy) is 1. The lowest BCUT2D eigenvalue weighted by molar-refractivity contribution is -0.135. The van der Waals surface area contributed by atoms with E-state index in [-0.39, 0.29) is 12.5 Å². The van der Waals surface area contributed by atoms with Crippen molar-refractivity contribution in [1.29, 1.82) is 0 Å². The number of hydrogen-bond acceptors (Lipinski definition) is 4. The summed E-state index contributed by atoms with van der Waals surface area (Å²) in [6.07, 6.45) is 1.12. The number of aryl methyl sites for hydroxylation is 1. The molecule has 0 atom stereocenters. The van der Waals surface area contributed by atoms with Crippen molar-refractivity contribution in [2.45, 2.75) is 19.9 Å². The van der Waals surface area contributed by atoms with E-state index in [1.807, 2.05) is 36.1 Å². The van der Waals surface area contributed by atoms with E-state index < -0.39 is 0 Å². The van der Waals surface area contributed by atoms with E-state index in [0.717, 1.165) is 51.4 Å². The van der Waals surface area contributed by atoms with Crippen LogP contribution in [-0.4, -0.2) is 55.0 Å². The summed E-state index contributed by atoms with van der Waals surface area (Å²) in [5.74, 6) is 0.815. The molecule has 27 heavy (non-hydrogen) atoms. The zero-order valence-corrected chi connectivity index (χ0v) is 15.9. The molecule has 1 fully saturated rings. The topological polar surface area (TPSA) is 44.8 Å². The molecule has 2 aromatic rings. The predicted molar refractivity (Wildman–Crippen MR) is 107 cm³/mol. The Morgan fingerprint density at radius 1 is 1.07 bits per heavy atom. The molecular formula is C22H27N3O2. The average Bonchev–Trinajstić information content (AvgIpc) is 3.18. The summed E-state index contributed by atoms with van der Waals surface area (Å²) in [4.78, 5) is 16.8. The highest BCUT2D eigenvalue weighted by molar-refractivity contribution is 5.77. The van der Waals surface area contributed by atoms with Gasteiger partial charge in [0.25, 0.3) is 5.91 Å². The Morgan fingerprint density at radius 2 is 1.85 bits per heavy atom. The molecule has 0 saturated carbocycles. The first-order chi connectivity index (χ1) is 13.2. The summed E-state index contributed by atoms with van der Waals surface area (Å²) in [7, 11) is 0. The highest BCUT2D eigenvalue weighted by atomic mass is 16.5. The summed E-state index contributed by atoms with van der Waals surface area (Å²) >= 11 is 0. The van der Waals surface area contributed by atoms with Crippen LogP contribution in [0.2, 0.25) is 0 Å². The van der Waals surface area contributed by atoms with Gasteiger partial charge in [0, 0.05) is 45.0 Å². The van der Waals surface area contributed by atoms with Gasteiger partial charge in [-0.3, -0.25) is 9.69 Å². The van der Waals surface area contributed by atoms with E-state index in [2.05, 4.69) is 28.4 Å². The maximum absolute atomic E-state index is 12.4. The molecule has 2 aliphatic heterocycles. The minimum Gasteiger partial charge on any atom is -0.484 e. The van der Waals surface area contributed by atoms with Crippen molar-refractivity contribution < 1.29 is 9.53 Å². The highest BCUT2D eigenvalue weighted by Crippen LogP contribution is 2.27. The van der Waals surface area contributed by atoms with E-state index in [1.165, 1.54) is 22.4 Å². The third-order valence-electron chi connectivity index (χ3n) is 5.44. The minimum atomic E-state index is 0.0671. The first-order valence-electron chi connectivity index (χ1n) is 9.73. The standard InChI is InChI=1S/C22H27N3O2/c1-17-5-7-20(8-6-17)27-16-21(26)25-13-11-24(12-14-25)15-19-4-2-3-18-9-10-23-22(18)19/h2-8,23H,9-16H2,1H3. The van der Waals surface area contributed by atoms with Crippen molar-refractivity contribution in [2.75, 3.05) is 44.6 Å². The Hall–Kier alpha value is -2.53. The fourth-order valence-corrected chi connectivity index (χ4v) is 3.81. The van der Waals surface area contributed by atoms with E-state index in [1.54, 1.807) is 0 Å². The summed E-state index contributed by atoms with van der Waals surface area (Å²) in [6, 6.07) is 14.4. The van der Waals surface area contributed by atoms with Crippen LogP contribution < -0.4 is 10.1 Å². The Bertz CT molecular complexity index is 796. The molecule has 2 aliphatic rings. The number of para-hydroxylation sites is 1. The van der Waals surface area contributed by atoms with E-state index in [0.29, 0.717) is 0 Å². The van der Waals surface area contributed by atoms with Crippen molar-refractivity contribution in [3.05, 3.63) is 59.2 Å². The molecule has 1 amide bonds. The molecule has 5 heteroatoms. The number of nitrogens with zero attached hydrogens (tertiary/aromatic N) is 2. The monoisotopic (exact) mass is 365 g/mol. The number of amides is 1. The molecule has 0 aromatic heterocycles. The van der Waals surface area contributed by atoms with Crippen LogP contribution in [0.25, 0.3) is 0 Å². The molecule has 5 nitrogen and oxygen atoms in total. The number of piperazine rings is 1. The third-order valence-corrected chi connectivity index (χ3v) is 5.44. The largest absolute Gasteiger partial charge is 0.484 e. The van der Waals surface area contributed by atoms with E-state index in [4.69, 9.17) is 4.74 Å². The Morgan fingerprint density at radius 3 is 2.63 bits per heavy atom. The van der Waals surface area contributed by atoms with Gasteiger partial charge in [0.2, 0.25) is 0 Å². The van der Waals surface area contributed by atoms with Gasteiger partial charge in [-0.05, 0) is 36.6 Å². The second-order valence-corrected chi connectivity index (χ2v) is 7.39. The van der Waals surface area contributed by atoms with Gasteiger partial charge in [-0.1, -0.05) is 35.9 Å². The summed E-state index contributed by atoms with van der Waals surface area (Å²) in [6.45, 7) is 7.46. The highest BCUT2D eigenvalue weighted by Gasteiger charge is 2.23. The van der Waals surface area contributed by atoms with Crippen LogP contribution in [0.3, 0.4) is 0 Å². The maximum Gasteiger partial charge on any atom is 0.260 e. The summed E-state index contributed by atoms with van der Waals surface area (Å²) < 4.78 is 5.64. The van der Waals surface area contributed by atoms with Crippen molar-refractivity contribution in [3.63, 3.8) is 0 Å². The van der Waals surface area contributed by atoms with Crippen LogP contribution in [0.4, 0.5) is 5.69 Å². The Balaban J connectivity index is 1.26. The molecule has 0 radical (unpaired) electrons. The van der Waals surface area contributed by atoms with Crippen molar-refractivity contribution in [2.24, 2.45) is 0 Å². The molecule has 0 aliphatic carbocycles. The second-order valence-electron chi connectivity index (χ2n) is 7.39. The van der Waals surface area contributed by atoms with Crippen LogP contribution in [0.5, 0.6) is 5.75 Å². The van der Waals surface area contributed by atoms with Gasteiger partial charge in [0.15, 0.2) is 6.61 Å². The summed E-state index contributed by atoms with van der Waals surface area (Å²) in [5.41, 5.74) is 5.30. The quantitative estimate of drug-likeness (QED) is 0.885. The van der Waals surface area contributed by atoms with Gasteiger partial charge in [0.1, 0.15) is 5.75 Å². The van der Waals surface area contributed by atoms with Gasteiger partial charge in [-0.25, -0.2) is 0 Å². The van der Waals surface area contributed by atoms with Crippen molar-refractivity contribution in [3.8, 4) is 5.75 Å². The number of benzene rings is 2. The van der Waals surface area contributed by atoms with Gasteiger partial charge >= 0.3 is 0 Å². The minimum absolute atomic E-state index is 0.0671. The molecule has 142 valence electrons. The third kappa shape index (κ3) is 4.25. The molecule has 1 saturated heterocycles. The van der Waals surface area contributed by atoms with Crippen molar-refractivity contribution in [1.82, 2.24) is 9.80 Å². The first-order valence-corrected chi connectivity index (χ1v) is 9.73. The lowest BCUT2D eigenvalue weighted by Gasteiger charge is -2.35. The van der Waals surface area contributed by atoms with Crippen LogP contribution >= 0.6 is 0 Å². The number of anilines is 1.